The predicted molar refractivity (Wildman–Crippen MR) is 124 cm³/mol. The van der Waals surface area contributed by atoms with Crippen LogP contribution < -0.4 is 27.2 Å². The third-order valence-corrected chi connectivity index (χ3v) is 6.71. The summed E-state index contributed by atoms with van der Waals surface area (Å²) in [6.07, 6.45) is 4.93. The minimum Gasteiger partial charge on any atom is -0.778 e. The van der Waals surface area contributed by atoms with E-state index in [1.807, 2.05) is 0 Å². The third kappa shape index (κ3) is 8.61. The van der Waals surface area contributed by atoms with Crippen LogP contribution in [0.1, 0.15) is 50.8 Å². The Balaban J connectivity index is 2.09. The first-order valence-corrected chi connectivity index (χ1v) is 13.1. The fraction of sp³-hybridized carbons (Fsp3) is 0.667. The summed E-state index contributed by atoms with van der Waals surface area (Å²) in [4.78, 5) is 50.8. The van der Waals surface area contributed by atoms with Gasteiger partial charge in [-0.2, -0.15) is 0 Å². The minimum absolute atomic E-state index is 0.0556. The summed E-state index contributed by atoms with van der Waals surface area (Å²) in [5.74, 6) is -0.368. The fourth-order valence-corrected chi connectivity index (χ4v) is 4.25. The lowest BCUT2D eigenvalue weighted by atomic mass is 10.2. The highest BCUT2D eigenvalue weighted by atomic mass is 31.2. The van der Waals surface area contributed by atoms with Gasteiger partial charge in [0, 0.05) is 38.5 Å². The van der Waals surface area contributed by atoms with Gasteiger partial charge in [0.25, 0.3) is 5.56 Å². The molecule has 0 aliphatic carbocycles. The van der Waals surface area contributed by atoms with E-state index >= 15 is 0 Å². The zero-order valence-corrected chi connectivity index (χ0v) is 20.5. The first kappa shape index (κ1) is 28.2. The van der Waals surface area contributed by atoms with Gasteiger partial charge in [0.05, 0.1) is 18.3 Å². The van der Waals surface area contributed by atoms with E-state index in [9.17, 15) is 23.8 Å². The maximum absolute atomic E-state index is 12.4. The van der Waals surface area contributed by atoms with Gasteiger partial charge in [-0.25, -0.2) is 4.79 Å². The Kier molecular flexibility index (Phi) is 11.4. The molecule has 0 aromatic carbocycles. The lowest BCUT2D eigenvalue weighted by molar-refractivity contribution is -0.204. The summed E-state index contributed by atoms with van der Waals surface area (Å²) in [6.45, 7) is 2.68. The molecule has 2 heterocycles. The van der Waals surface area contributed by atoms with Crippen molar-refractivity contribution in [2.75, 3.05) is 33.0 Å². The first-order valence-electron chi connectivity index (χ1n) is 11.3. The van der Waals surface area contributed by atoms with Crippen molar-refractivity contribution < 1.29 is 28.3 Å². The van der Waals surface area contributed by atoms with Crippen LogP contribution >= 0.6 is 7.60 Å². The zero-order valence-electron chi connectivity index (χ0n) is 19.6. The number of nitrogens with two attached hydrogens (primary N) is 1. The highest BCUT2D eigenvalue weighted by molar-refractivity contribution is 7.51. The SMILES string of the molecule is CCP(=O)([O-])O[C@@H]1C[C@H](n2cc(/C=C/C(=O)NCCCCCCN)c(=O)[nH]c2=O)O[C@@H]1COC. The number of unbranched alkanes of at least 4 members (excludes halogenated alkanes) is 3. The lowest BCUT2D eigenvalue weighted by Crippen LogP contribution is -2.33. The number of amides is 1. The summed E-state index contributed by atoms with van der Waals surface area (Å²) in [7, 11) is -2.63. The van der Waals surface area contributed by atoms with Crippen LogP contribution in [-0.4, -0.2) is 60.6 Å². The average Bonchev–Trinajstić information content (AvgIpc) is 3.17. The fourth-order valence-electron chi connectivity index (χ4n) is 3.47. The maximum Gasteiger partial charge on any atom is 0.330 e. The number of nitrogens with one attached hydrogen (secondary N) is 2. The first-order chi connectivity index (χ1) is 16.2. The van der Waals surface area contributed by atoms with Gasteiger partial charge in [-0.1, -0.05) is 19.8 Å². The van der Waals surface area contributed by atoms with Crippen LogP contribution in [0.15, 0.2) is 21.9 Å². The largest absolute Gasteiger partial charge is 0.778 e. The molecule has 34 heavy (non-hydrogen) atoms. The molecule has 4 atom stereocenters. The molecule has 1 unspecified atom stereocenters. The minimum atomic E-state index is -4.06. The molecule has 1 amide bonds. The summed E-state index contributed by atoms with van der Waals surface area (Å²) in [6, 6.07) is 0. The Morgan fingerprint density at radius 3 is 2.79 bits per heavy atom. The van der Waals surface area contributed by atoms with Gasteiger partial charge in [0.15, 0.2) is 0 Å². The summed E-state index contributed by atoms with van der Waals surface area (Å²) in [5, 5.41) is 2.73. The highest BCUT2D eigenvalue weighted by Gasteiger charge is 2.39. The van der Waals surface area contributed by atoms with E-state index in [4.69, 9.17) is 19.7 Å². The molecule has 1 aromatic rings. The van der Waals surface area contributed by atoms with E-state index < -0.39 is 37.3 Å². The summed E-state index contributed by atoms with van der Waals surface area (Å²) in [5.41, 5.74) is 4.11. The summed E-state index contributed by atoms with van der Waals surface area (Å²) >= 11 is 0. The van der Waals surface area contributed by atoms with Crippen LogP contribution in [0.4, 0.5) is 0 Å². The molecule has 1 aliphatic heterocycles. The van der Waals surface area contributed by atoms with Crippen molar-refractivity contribution in [3.05, 3.63) is 38.7 Å². The van der Waals surface area contributed by atoms with E-state index in [0.29, 0.717) is 13.1 Å². The molecule has 0 bridgehead atoms. The van der Waals surface area contributed by atoms with Crippen molar-refractivity contribution in [3.8, 4) is 0 Å². The van der Waals surface area contributed by atoms with Crippen LogP contribution in [0.25, 0.3) is 6.08 Å². The van der Waals surface area contributed by atoms with Crippen molar-refractivity contribution in [2.45, 2.75) is 57.5 Å². The molecule has 1 fully saturated rings. The van der Waals surface area contributed by atoms with Gasteiger partial charge in [0.1, 0.15) is 19.9 Å². The predicted octanol–water partition coefficient (Wildman–Crippen LogP) is 0.0775. The molecular weight excluding hydrogens is 467 g/mol. The van der Waals surface area contributed by atoms with Gasteiger partial charge in [-0.05, 0) is 25.5 Å². The number of carbonyl (C=O) groups is 1. The van der Waals surface area contributed by atoms with E-state index in [1.54, 1.807) is 0 Å². The topological polar surface area (TPSA) is 178 Å². The van der Waals surface area contributed by atoms with Crippen molar-refractivity contribution in [1.29, 1.82) is 0 Å². The lowest BCUT2D eigenvalue weighted by Gasteiger charge is -2.27. The Morgan fingerprint density at radius 1 is 1.38 bits per heavy atom. The zero-order chi connectivity index (χ0) is 25.1. The average molecular weight is 501 g/mol. The Morgan fingerprint density at radius 2 is 2.12 bits per heavy atom. The number of rotatable bonds is 14. The molecule has 2 rings (SSSR count). The van der Waals surface area contributed by atoms with Crippen molar-refractivity contribution in [2.24, 2.45) is 5.73 Å². The van der Waals surface area contributed by atoms with Gasteiger partial charge >= 0.3 is 5.69 Å². The molecule has 0 radical (unpaired) electrons. The number of aromatic amines is 1. The van der Waals surface area contributed by atoms with Crippen molar-refractivity contribution >= 4 is 19.6 Å². The number of aromatic nitrogens is 2. The van der Waals surface area contributed by atoms with Crippen molar-refractivity contribution in [1.82, 2.24) is 14.9 Å². The quantitative estimate of drug-likeness (QED) is 0.181. The van der Waals surface area contributed by atoms with Crippen LogP contribution in [-0.2, 0) is 23.4 Å². The van der Waals surface area contributed by atoms with E-state index in [2.05, 4.69) is 10.3 Å². The standard InChI is InChI=1S/C21H35N4O8P/c1-3-34(29,30)33-16-12-19(32-17(16)14-31-2)25-13-15(20(27)24-21(25)28)8-9-18(26)23-11-7-5-4-6-10-22/h8-9,13,16-17,19H,3-7,10-12,14,22H2,1-2H3,(H,23,26)(H,29,30)(H,24,27,28)/p-1/b9-8+/t16-,17-,19-/m1/s1. The van der Waals surface area contributed by atoms with Gasteiger partial charge < -0.3 is 34.5 Å². The molecule has 0 saturated carbocycles. The Labute approximate surface area is 198 Å². The smallest absolute Gasteiger partial charge is 0.330 e. The second-order valence-electron chi connectivity index (χ2n) is 7.97. The molecular formula is C21H34N4O8P-. The molecule has 4 N–H and O–H groups in total. The second kappa shape index (κ2) is 13.7. The monoisotopic (exact) mass is 501 g/mol. The number of hydrogen-bond acceptors (Lipinski definition) is 9. The van der Waals surface area contributed by atoms with Gasteiger partial charge in [0.2, 0.25) is 5.91 Å². The Bertz CT molecular complexity index is 992. The number of ether oxygens (including phenoxy) is 2. The number of hydrogen-bond donors (Lipinski definition) is 3. The molecule has 192 valence electrons. The van der Waals surface area contributed by atoms with Crippen LogP contribution in [0, 0.1) is 0 Å². The number of nitrogens with zero attached hydrogens (tertiary/aromatic N) is 1. The molecule has 0 spiro atoms. The highest BCUT2D eigenvalue weighted by Crippen LogP contribution is 2.43. The Hall–Kier alpha value is -2.08. The van der Waals surface area contributed by atoms with Gasteiger partial charge in [-0.15, -0.1) is 0 Å². The number of H-pyrrole nitrogens is 1. The van der Waals surface area contributed by atoms with Gasteiger partial charge in [-0.3, -0.25) is 19.1 Å². The van der Waals surface area contributed by atoms with Crippen molar-refractivity contribution in [3.63, 3.8) is 0 Å². The second-order valence-corrected chi connectivity index (χ2v) is 10.0. The van der Waals surface area contributed by atoms with Crippen LogP contribution in [0.3, 0.4) is 0 Å². The van der Waals surface area contributed by atoms with E-state index in [-0.39, 0.29) is 30.7 Å². The number of methoxy groups -OCH3 is 1. The number of carbonyl (C=O) groups excluding carboxylic acids is 1. The van der Waals surface area contributed by atoms with E-state index in [0.717, 1.165) is 30.3 Å². The normalized spacial score (nSPS) is 22.2. The third-order valence-electron chi connectivity index (χ3n) is 5.34. The molecule has 12 nitrogen and oxygen atoms in total. The van der Waals surface area contributed by atoms with Crippen LogP contribution in [0.2, 0.25) is 0 Å². The molecule has 13 heteroatoms. The maximum atomic E-state index is 12.4. The molecule has 1 aliphatic rings. The van der Waals surface area contributed by atoms with Crippen LogP contribution in [0.5, 0.6) is 0 Å². The molecule has 1 aromatic heterocycles. The van der Waals surface area contributed by atoms with E-state index in [1.165, 1.54) is 32.4 Å². The molecule has 1 saturated heterocycles. The summed E-state index contributed by atoms with van der Waals surface area (Å²) < 4.78 is 29.2.